The number of rotatable bonds is 4. The summed E-state index contributed by atoms with van der Waals surface area (Å²) in [6.07, 6.45) is 2.25. The highest BCUT2D eigenvalue weighted by Gasteiger charge is 1.90. The van der Waals surface area contributed by atoms with Gasteiger partial charge >= 0.3 is 0 Å². The lowest BCUT2D eigenvalue weighted by atomic mass is 10.5. The van der Waals surface area contributed by atoms with Crippen molar-refractivity contribution in [2.24, 2.45) is 0 Å². The summed E-state index contributed by atoms with van der Waals surface area (Å²) in [5, 5.41) is 0. The van der Waals surface area contributed by atoms with Crippen LogP contribution in [0.3, 0.4) is 0 Å². The molecule has 0 fully saturated rings. The maximum Gasteiger partial charge on any atom is 0.0572 e. The van der Waals surface area contributed by atoms with Crippen LogP contribution in [0.1, 0.15) is 13.8 Å². The molecule has 0 aromatic carbocycles. The average molecular weight is 157 g/mol. The highest BCUT2D eigenvalue weighted by molar-refractivity contribution is 6.61. The Balaban J connectivity index is 3.61. The molecular formula is C8H19NSi. The molecule has 0 spiro atoms. The Morgan fingerprint density at radius 3 is 2.00 bits per heavy atom. The van der Waals surface area contributed by atoms with Gasteiger partial charge in [-0.1, -0.05) is 18.8 Å². The van der Waals surface area contributed by atoms with Gasteiger partial charge < -0.3 is 4.90 Å². The highest BCUT2D eigenvalue weighted by Crippen LogP contribution is 1.90. The van der Waals surface area contributed by atoms with E-state index in [1.807, 2.05) is 0 Å². The molecule has 10 heavy (non-hydrogen) atoms. The molecule has 0 rings (SSSR count). The molecule has 60 valence electrons. The van der Waals surface area contributed by atoms with E-state index >= 15 is 0 Å². The molecule has 0 saturated carbocycles. The lowest BCUT2D eigenvalue weighted by Gasteiger charge is -2.14. The van der Waals surface area contributed by atoms with Gasteiger partial charge in [0.2, 0.25) is 0 Å². The minimum absolute atomic E-state index is 0.477. The average Bonchev–Trinajstić information content (AvgIpc) is 1.90. The summed E-state index contributed by atoms with van der Waals surface area (Å²) in [4.78, 5) is 2.33. The standard InChI is InChI=1S/C8H19NSi/c1-5-9(6-2)7-8-10(3)4/h7-8,10H,5-6H2,1-4H3. The van der Waals surface area contributed by atoms with Crippen molar-refractivity contribution < 1.29 is 0 Å². The van der Waals surface area contributed by atoms with Crippen LogP contribution in [0, 0.1) is 0 Å². The first-order valence-corrected chi connectivity index (χ1v) is 7.10. The molecule has 0 radical (unpaired) electrons. The highest BCUT2D eigenvalue weighted by atomic mass is 28.3. The number of hydrogen-bond acceptors (Lipinski definition) is 1. The summed E-state index contributed by atoms with van der Waals surface area (Å²) >= 11 is 0. The third-order valence-electron chi connectivity index (χ3n) is 1.49. The SMILES string of the molecule is CCN(C=C[SiH](C)C)CC. The van der Waals surface area contributed by atoms with Crippen LogP contribution in [0.5, 0.6) is 0 Å². The van der Waals surface area contributed by atoms with Crippen LogP contribution in [0.2, 0.25) is 13.1 Å². The molecule has 0 aromatic rings. The Hall–Kier alpha value is -0.243. The van der Waals surface area contributed by atoms with Crippen molar-refractivity contribution in [1.82, 2.24) is 4.90 Å². The van der Waals surface area contributed by atoms with Crippen LogP contribution in [-0.2, 0) is 0 Å². The first-order valence-electron chi connectivity index (χ1n) is 4.13. The van der Waals surface area contributed by atoms with Crippen LogP contribution in [0.4, 0.5) is 0 Å². The topological polar surface area (TPSA) is 3.24 Å². The fourth-order valence-electron chi connectivity index (χ4n) is 0.728. The van der Waals surface area contributed by atoms with Crippen molar-refractivity contribution >= 4 is 8.80 Å². The van der Waals surface area contributed by atoms with E-state index in [1.165, 1.54) is 0 Å². The van der Waals surface area contributed by atoms with Crippen LogP contribution >= 0.6 is 0 Å². The maximum atomic E-state index is 2.37. The lowest BCUT2D eigenvalue weighted by molar-refractivity contribution is 0.419. The minimum atomic E-state index is -0.477. The second kappa shape index (κ2) is 5.53. The van der Waals surface area contributed by atoms with Gasteiger partial charge in [-0.05, 0) is 20.0 Å². The van der Waals surface area contributed by atoms with Gasteiger partial charge in [0.25, 0.3) is 0 Å². The molecular weight excluding hydrogens is 138 g/mol. The third kappa shape index (κ3) is 4.62. The summed E-state index contributed by atoms with van der Waals surface area (Å²) in [6.45, 7) is 11.3. The van der Waals surface area contributed by atoms with Crippen LogP contribution in [0.25, 0.3) is 0 Å². The zero-order valence-electron chi connectivity index (χ0n) is 7.59. The van der Waals surface area contributed by atoms with Gasteiger partial charge in [-0.15, -0.1) is 0 Å². The second-order valence-electron chi connectivity index (χ2n) is 2.81. The van der Waals surface area contributed by atoms with E-state index in [1.54, 1.807) is 0 Å². The normalized spacial score (nSPS) is 11.3. The smallest absolute Gasteiger partial charge is 0.0572 e. The first-order chi connectivity index (χ1) is 4.70. The van der Waals surface area contributed by atoms with Crippen molar-refractivity contribution in [3.05, 3.63) is 11.9 Å². The molecule has 0 bridgehead atoms. The van der Waals surface area contributed by atoms with Gasteiger partial charge in [-0.25, -0.2) is 0 Å². The Bertz CT molecular complexity index is 95.4. The summed E-state index contributed by atoms with van der Waals surface area (Å²) in [5.41, 5.74) is 2.37. The van der Waals surface area contributed by atoms with E-state index in [4.69, 9.17) is 0 Å². The van der Waals surface area contributed by atoms with Crippen LogP contribution < -0.4 is 0 Å². The summed E-state index contributed by atoms with van der Waals surface area (Å²) in [6, 6.07) is 0. The molecule has 0 unspecified atom stereocenters. The summed E-state index contributed by atoms with van der Waals surface area (Å²) in [7, 11) is -0.477. The van der Waals surface area contributed by atoms with Crippen molar-refractivity contribution in [2.45, 2.75) is 26.9 Å². The third-order valence-corrected chi connectivity index (χ3v) is 2.44. The summed E-state index contributed by atoms with van der Waals surface area (Å²) < 4.78 is 0. The Morgan fingerprint density at radius 2 is 1.70 bits per heavy atom. The molecule has 0 saturated heterocycles. The predicted molar refractivity (Wildman–Crippen MR) is 50.9 cm³/mol. The quantitative estimate of drug-likeness (QED) is 0.563. The van der Waals surface area contributed by atoms with Crippen LogP contribution in [-0.4, -0.2) is 26.8 Å². The van der Waals surface area contributed by atoms with Crippen molar-refractivity contribution in [1.29, 1.82) is 0 Å². The predicted octanol–water partition coefficient (Wildman–Crippen LogP) is 1.87. The van der Waals surface area contributed by atoms with E-state index in [2.05, 4.69) is 43.7 Å². The number of nitrogens with zero attached hydrogens (tertiary/aromatic N) is 1. The summed E-state index contributed by atoms with van der Waals surface area (Å²) in [5.74, 6) is 0. The minimum Gasteiger partial charge on any atom is -0.379 e. The van der Waals surface area contributed by atoms with Gasteiger partial charge in [0.05, 0.1) is 8.80 Å². The van der Waals surface area contributed by atoms with Gasteiger partial charge in [-0.3, -0.25) is 0 Å². The Morgan fingerprint density at radius 1 is 1.20 bits per heavy atom. The lowest BCUT2D eigenvalue weighted by Crippen LogP contribution is -2.16. The molecule has 0 aromatic heterocycles. The van der Waals surface area contributed by atoms with E-state index in [9.17, 15) is 0 Å². The molecule has 0 heterocycles. The molecule has 0 atom stereocenters. The molecule has 0 amide bonds. The van der Waals surface area contributed by atoms with Crippen molar-refractivity contribution in [3.8, 4) is 0 Å². The molecule has 0 aliphatic rings. The molecule has 0 aliphatic carbocycles. The van der Waals surface area contributed by atoms with Gasteiger partial charge in [0.1, 0.15) is 0 Å². The Labute approximate surface area is 66.3 Å². The van der Waals surface area contributed by atoms with E-state index in [-0.39, 0.29) is 0 Å². The van der Waals surface area contributed by atoms with Gasteiger partial charge in [0, 0.05) is 13.1 Å². The fourth-order valence-corrected chi connectivity index (χ4v) is 1.32. The van der Waals surface area contributed by atoms with Crippen LogP contribution in [0.15, 0.2) is 11.9 Å². The fraction of sp³-hybridized carbons (Fsp3) is 0.750. The molecule has 2 heteroatoms. The van der Waals surface area contributed by atoms with Crippen molar-refractivity contribution in [2.75, 3.05) is 13.1 Å². The van der Waals surface area contributed by atoms with Gasteiger partial charge in [-0.2, -0.15) is 0 Å². The molecule has 0 N–H and O–H groups in total. The number of hydrogen-bond donors (Lipinski definition) is 0. The zero-order valence-corrected chi connectivity index (χ0v) is 8.75. The zero-order chi connectivity index (χ0) is 7.98. The van der Waals surface area contributed by atoms with Crippen molar-refractivity contribution in [3.63, 3.8) is 0 Å². The largest absolute Gasteiger partial charge is 0.379 e. The molecule has 1 nitrogen and oxygen atoms in total. The monoisotopic (exact) mass is 157 g/mol. The maximum absolute atomic E-state index is 2.37. The van der Waals surface area contributed by atoms with E-state index in [0.717, 1.165) is 13.1 Å². The van der Waals surface area contributed by atoms with E-state index in [0.29, 0.717) is 0 Å². The second-order valence-corrected chi connectivity index (χ2v) is 5.68. The van der Waals surface area contributed by atoms with Gasteiger partial charge in [0.15, 0.2) is 0 Å². The van der Waals surface area contributed by atoms with E-state index < -0.39 is 8.80 Å². The Kier molecular flexibility index (Phi) is 5.40. The first kappa shape index (κ1) is 9.76. The molecule has 0 aliphatic heterocycles.